The van der Waals surface area contributed by atoms with Crippen LogP contribution >= 0.6 is 0 Å². The number of sulfonamides is 1. The lowest BCUT2D eigenvalue weighted by Gasteiger charge is -2.31. The Kier molecular flexibility index (Phi) is 6.38. The summed E-state index contributed by atoms with van der Waals surface area (Å²) < 4.78 is 36.1. The number of pyridine rings is 1. The highest BCUT2D eigenvalue weighted by molar-refractivity contribution is 7.92. The molecule has 2 rings (SSSR count). The summed E-state index contributed by atoms with van der Waals surface area (Å²) in [7, 11) is -1.81. The number of carbonyl (C=O) groups excluding carboxylic acids is 1. The molecular weight excluding hydrogens is 334 g/mol. The van der Waals surface area contributed by atoms with Crippen LogP contribution < -0.4 is 9.46 Å². The Morgan fingerprint density at radius 1 is 1.38 bits per heavy atom. The summed E-state index contributed by atoms with van der Waals surface area (Å²) in [6, 6.07) is 3.25. The summed E-state index contributed by atoms with van der Waals surface area (Å²) in [5.41, 5.74) is 0.407. The van der Waals surface area contributed by atoms with E-state index >= 15 is 0 Å². The largest absolute Gasteiger partial charge is 0.474 e. The van der Waals surface area contributed by atoms with Crippen molar-refractivity contribution < 1.29 is 22.7 Å². The average Bonchev–Trinajstić information content (AvgIpc) is 2.57. The molecule has 0 atom stereocenters. The normalized spacial score (nSPS) is 16.0. The number of piperidine rings is 1. The van der Waals surface area contributed by atoms with E-state index in [4.69, 9.17) is 9.47 Å². The van der Waals surface area contributed by atoms with Crippen molar-refractivity contribution >= 4 is 21.6 Å². The first-order valence-corrected chi connectivity index (χ1v) is 9.48. The lowest BCUT2D eigenvalue weighted by Crippen LogP contribution is -2.43. The van der Waals surface area contributed by atoms with Crippen LogP contribution in [-0.4, -0.2) is 62.9 Å². The van der Waals surface area contributed by atoms with Crippen molar-refractivity contribution in [2.24, 2.45) is 0 Å². The zero-order valence-corrected chi connectivity index (χ0v) is 14.7. The van der Waals surface area contributed by atoms with Crippen LogP contribution in [0.4, 0.5) is 5.69 Å². The molecule has 0 spiro atoms. The SMILES string of the molecule is CCS(=O)(=O)Nc1ccc(OC2CCN(C(=O)COC)CC2)nc1. The predicted octanol–water partition coefficient (Wildman–Crippen LogP) is 0.859. The van der Waals surface area contributed by atoms with Gasteiger partial charge in [0.2, 0.25) is 21.8 Å². The standard InChI is InChI=1S/C15H23N3O5S/c1-3-24(20,21)17-12-4-5-14(16-10-12)23-13-6-8-18(9-7-13)15(19)11-22-2/h4-5,10,13,17H,3,6-9,11H2,1-2H3. The molecule has 0 radical (unpaired) electrons. The highest BCUT2D eigenvalue weighted by Crippen LogP contribution is 2.19. The molecule has 0 aliphatic carbocycles. The molecule has 0 saturated carbocycles. The van der Waals surface area contributed by atoms with E-state index in [1.54, 1.807) is 24.0 Å². The van der Waals surface area contributed by atoms with Gasteiger partial charge in [-0.2, -0.15) is 0 Å². The van der Waals surface area contributed by atoms with Crippen LogP contribution in [0.15, 0.2) is 18.3 Å². The number of anilines is 1. The summed E-state index contributed by atoms with van der Waals surface area (Å²) >= 11 is 0. The van der Waals surface area contributed by atoms with Crippen molar-refractivity contribution in [3.05, 3.63) is 18.3 Å². The maximum absolute atomic E-state index is 11.7. The van der Waals surface area contributed by atoms with E-state index < -0.39 is 10.0 Å². The van der Waals surface area contributed by atoms with Crippen molar-refractivity contribution in [3.63, 3.8) is 0 Å². The number of methoxy groups -OCH3 is 1. The van der Waals surface area contributed by atoms with Gasteiger partial charge < -0.3 is 14.4 Å². The lowest BCUT2D eigenvalue weighted by molar-refractivity contribution is -0.136. The van der Waals surface area contributed by atoms with Gasteiger partial charge in [0.1, 0.15) is 12.7 Å². The number of likely N-dealkylation sites (tertiary alicyclic amines) is 1. The van der Waals surface area contributed by atoms with Gasteiger partial charge in [-0.1, -0.05) is 0 Å². The topological polar surface area (TPSA) is 97.8 Å². The highest BCUT2D eigenvalue weighted by atomic mass is 32.2. The fraction of sp³-hybridized carbons (Fsp3) is 0.600. The molecular formula is C15H23N3O5S. The number of hydrogen-bond donors (Lipinski definition) is 1. The van der Waals surface area contributed by atoms with Crippen molar-refractivity contribution in [2.45, 2.75) is 25.9 Å². The number of amides is 1. The second-order valence-corrected chi connectivity index (χ2v) is 7.53. The van der Waals surface area contributed by atoms with Gasteiger partial charge in [0.15, 0.2) is 0 Å². The Morgan fingerprint density at radius 2 is 2.08 bits per heavy atom. The molecule has 9 heteroatoms. The lowest BCUT2D eigenvalue weighted by atomic mass is 10.1. The molecule has 1 aromatic rings. The van der Waals surface area contributed by atoms with E-state index in [1.807, 2.05) is 0 Å². The molecule has 1 amide bonds. The van der Waals surface area contributed by atoms with Crippen LogP contribution in [0.5, 0.6) is 5.88 Å². The van der Waals surface area contributed by atoms with Crippen molar-refractivity contribution in [2.75, 3.05) is 37.3 Å². The van der Waals surface area contributed by atoms with Gasteiger partial charge in [0, 0.05) is 39.1 Å². The van der Waals surface area contributed by atoms with E-state index in [0.29, 0.717) is 24.7 Å². The third-order valence-electron chi connectivity index (χ3n) is 3.74. The minimum Gasteiger partial charge on any atom is -0.474 e. The summed E-state index contributed by atoms with van der Waals surface area (Å²) in [5, 5.41) is 0. The van der Waals surface area contributed by atoms with E-state index in [9.17, 15) is 13.2 Å². The number of aromatic nitrogens is 1. The third-order valence-corrected chi connectivity index (χ3v) is 5.05. The summed E-state index contributed by atoms with van der Waals surface area (Å²) in [6.45, 7) is 2.92. The Bertz CT molecular complexity index is 640. The van der Waals surface area contributed by atoms with Crippen LogP contribution in [0.3, 0.4) is 0 Å². The predicted molar refractivity (Wildman–Crippen MR) is 89.4 cm³/mol. The number of nitrogens with one attached hydrogen (secondary N) is 1. The van der Waals surface area contributed by atoms with Crippen LogP contribution in [-0.2, 0) is 19.6 Å². The van der Waals surface area contributed by atoms with E-state index in [1.165, 1.54) is 13.3 Å². The minimum atomic E-state index is -3.31. The molecule has 0 aromatic carbocycles. The van der Waals surface area contributed by atoms with E-state index in [0.717, 1.165) is 12.8 Å². The maximum atomic E-state index is 11.7. The number of ether oxygens (including phenoxy) is 2. The fourth-order valence-electron chi connectivity index (χ4n) is 2.37. The summed E-state index contributed by atoms with van der Waals surface area (Å²) in [6.07, 6.45) is 2.87. The third kappa shape index (κ3) is 5.34. The Morgan fingerprint density at radius 3 is 2.62 bits per heavy atom. The van der Waals surface area contributed by atoms with Crippen molar-refractivity contribution in [1.82, 2.24) is 9.88 Å². The monoisotopic (exact) mass is 357 g/mol. The average molecular weight is 357 g/mol. The molecule has 1 saturated heterocycles. The molecule has 0 bridgehead atoms. The maximum Gasteiger partial charge on any atom is 0.248 e. The molecule has 134 valence electrons. The number of nitrogens with zero attached hydrogens (tertiary/aromatic N) is 2. The van der Waals surface area contributed by atoms with Crippen molar-refractivity contribution in [3.8, 4) is 5.88 Å². The molecule has 1 N–H and O–H groups in total. The van der Waals surface area contributed by atoms with Crippen molar-refractivity contribution in [1.29, 1.82) is 0 Å². The molecule has 1 fully saturated rings. The van der Waals surface area contributed by atoms with Gasteiger partial charge in [-0.3, -0.25) is 9.52 Å². The van der Waals surface area contributed by atoms with E-state index in [-0.39, 0.29) is 24.4 Å². The quantitative estimate of drug-likeness (QED) is 0.777. The second-order valence-electron chi connectivity index (χ2n) is 5.52. The van der Waals surface area contributed by atoms with Gasteiger partial charge in [0.25, 0.3) is 0 Å². The summed E-state index contributed by atoms with van der Waals surface area (Å²) in [4.78, 5) is 17.6. The number of rotatable bonds is 7. The molecule has 1 aromatic heterocycles. The van der Waals surface area contributed by atoms with Gasteiger partial charge in [-0.15, -0.1) is 0 Å². The van der Waals surface area contributed by atoms with Gasteiger partial charge in [-0.05, 0) is 13.0 Å². The Balaban J connectivity index is 1.84. The highest BCUT2D eigenvalue weighted by Gasteiger charge is 2.24. The minimum absolute atomic E-state index is 0.00557. The van der Waals surface area contributed by atoms with Crippen LogP contribution in [0.25, 0.3) is 0 Å². The Labute approximate surface area is 142 Å². The second kappa shape index (κ2) is 8.29. The number of hydrogen-bond acceptors (Lipinski definition) is 6. The summed E-state index contributed by atoms with van der Waals surface area (Å²) in [5.74, 6) is 0.434. The molecule has 2 heterocycles. The fourth-order valence-corrected chi connectivity index (χ4v) is 2.99. The molecule has 0 unspecified atom stereocenters. The zero-order chi connectivity index (χ0) is 17.6. The number of carbonyl (C=O) groups is 1. The first-order valence-electron chi connectivity index (χ1n) is 7.83. The Hall–Kier alpha value is -1.87. The van der Waals surface area contributed by atoms with Crippen LogP contribution in [0, 0.1) is 0 Å². The smallest absolute Gasteiger partial charge is 0.248 e. The van der Waals surface area contributed by atoms with Crippen LogP contribution in [0.1, 0.15) is 19.8 Å². The zero-order valence-electron chi connectivity index (χ0n) is 13.9. The molecule has 24 heavy (non-hydrogen) atoms. The first-order chi connectivity index (χ1) is 11.4. The van der Waals surface area contributed by atoms with Gasteiger partial charge in [-0.25, -0.2) is 13.4 Å². The first kappa shape index (κ1) is 18.5. The van der Waals surface area contributed by atoms with Gasteiger partial charge >= 0.3 is 0 Å². The molecule has 1 aliphatic rings. The van der Waals surface area contributed by atoms with Gasteiger partial charge in [0.05, 0.1) is 17.6 Å². The van der Waals surface area contributed by atoms with Crippen LogP contribution in [0.2, 0.25) is 0 Å². The molecule has 1 aliphatic heterocycles. The molecule has 8 nitrogen and oxygen atoms in total. The van der Waals surface area contributed by atoms with E-state index in [2.05, 4.69) is 9.71 Å².